The number of nitrogens with zero attached hydrogens (tertiary/aromatic N) is 3. The molecule has 3 aromatic rings. The number of fused-ring (bicyclic) bond motifs is 2. The van der Waals surface area contributed by atoms with Crippen LogP contribution < -0.4 is 9.47 Å². The lowest BCUT2D eigenvalue weighted by molar-refractivity contribution is 0.174. The standard InChI is InChI=1S/C23H23N3O3/c1-2-5-16(6-3-1)19-13-17(18-7-4-10-26(18)19)23-24-22(29-25-23)12-15-8-9-20-21(11-15)28-14-27-20/h1-3,5-6,8-9,11,17-19H,4,7,10,12-14H2/t17-,18+,19-/m1/s1. The van der Waals surface area contributed by atoms with E-state index < -0.39 is 0 Å². The fraction of sp³-hybridized carbons (Fsp3) is 0.391. The molecule has 2 saturated heterocycles. The van der Waals surface area contributed by atoms with Crippen LogP contribution in [-0.2, 0) is 6.42 Å². The third-order valence-electron chi connectivity index (χ3n) is 6.48. The Morgan fingerprint density at radius 3 is 2.86 bits per heavy atom. The van der Waals surface area contributed by atoms with Gasteiger partial charge in [-0.15, -0.1) is 0 Å². The number of aromatic nitrogens is 2. The van der Waals surface area contributed by atoms with Gasteiger partial charge in [-0.05, 0) is 49.1 Å². The summed E-state index contributed by atoms with van der Waals surface area (Å²) in [6, 6.07) is 17.7. The summed E-state index contributed by atoms with van der Waals surface area (Å²) in [7, 11) is 0. The molecule has 6 heteroatoms. The molecule has 0 amide bonds. The topological polar surface area (TPSA) is 60.6 Å². The molecule has 0 N–H and O–H groups in total. The zero-order valence-corrected chi connectivity index (χ0v) is 16.2. The van der Waals surface area contributed by atoms with Crippen LogP contribution in [0.5, 0.6) is 11.5 Å². The van der Waals surface area contributed by atoms with Gasteiger partial charge in [0.05, 0.1) is 6.42 Å². The highest BCUT2D eigenvalue weighted by Gasteiger charge is 2.46. The quantitative estimate of drug-likeness (QED) is 0.670. The maximum Gasteiger partial charge on any atom is 0.231 e. The molecule has 6 nitrogen and oxygen atoms in total. The molecule has 148 valence electrons. The molecule has 2 fully saturated rings. The molecule has 0 bridgehead atoms. The van der Waals surface area contributed by atoms with Crippen LogP contribution in [0.25, 0.3) is 0 Å². The summed E-state index contributed by atoms with van der Waals surface area (Å²) in [5, 5.41) is 4.39. The van der Waals surface area contributed by atoms with Crippen LogP contribution in [-0.4, -0.2) is 34.4 Å². The van der Waals surface area contributed by atoms with Gasteiger partial charge in [0.15, 0.2) is 17.3 Å². The Labute approximate surface area is 169 Å². The molecule has 3 aliphatic heterocycles. The number of rotatable bonds is 4. The average Bonchev–Trinajstić information content (AvgIpc) is 3.52. The lowest BCUT2D eigenvalue weighted by Crippen LogP contribution is -2.27. The van der Waals surface area contributed by atoms with E-state index >= 15 is 0 Å². The second-order valence-electron chi connectivity index (χ2n) is 8.13. The molecular formula is C23H23N3O3. The van der Waals surface area contributed by atoms with Gasteiger partial charge in [0.1, 0.15) is 0 Å². The van der Waals surface area contributed by atoms with Crippen LogP contribution in [0.15, 0.2) is 53.1 Å². The number of hydrogen-bond donors (Lipinski definition) is 0. The summed E-state index contributed by atoms with van der Waals surface area (Å²) in [4.78, 5) is 7.44. The predicted octanol–water partition coefficient (Wildman–Crippen LogP) is 4.08. The Morgan fingerprint density at radius 2 is 1.93 bits per heavy atom. The van der Waals surface area contributed by atoms with Crippen molar-refractivity contribution in [2.45, 2.75) is 43.7 Å². The summed E-state index contributed by atoms with van der Waals surface area (Å²) >= 11 is 0. The van der Waals surface area contributed by atoms with Crippen LogP contribution in [0.2, 0.25) is 0 Å². The van der Waals surface area contributed by atoms with E-state index in [0.29, 0.717) is 30.3 Å². The van der Waals surface area contributed by atoms with Crippen molar-refractivity contribution in [2.75, 3.05) is 13.3 Å². The van der Waals surface area contributed by atoms with Crippen molar-refractivity contribution in [1.29, 1.82) is 0 Å². The normalized spacial score (nSPS) is 25.4. The zero-order chi connectivity index (χ0) is 19.2. The van der Waals surface area contributed by atoms with Gasteiger partial charge in [-0.1, -0.05) is 41.6 Å². The average molecular weight is 389 g/mol. The number of benzene rings is 2. The zero-order valence-electron chi connectivity index (χ0n) is 16.2. The summed E-state index contributed by atoms with van der Waals surface area (Å²) in [5.74, 6) is 3.42. The van der Waals surface area contributed by atoms with E-state index in [0.717, 1.165) is 35.9 Å². The van der Waals surface area contributed by atoms with Gasteiger partial charge in [0.25, 0.3) is 0 Å². The third kappa shape index (κ3) is 2.99. The van der Waals surface area contributed by atoms with Gasteiger partial charge in [-0.3, -0.25) is 4.90 Å². The number of hydrogen-bond acceptors (Lipinski definition) is 6. The fourth-order valence-electron chi connectivity index (χ4n) is 5.16. The van der Waals surface area contributed by atoms with E-state index in [1.807, 2.05) is 18.2 Å². The molecule has 3 atom stereocenters. The van der Waals surface area contributed by atoms with E-state index in [1.54, 1.807) is 0 Å². The Bertz CT molecular complexity index is 1020. The Morgan fingerprint density at radius 1 is 1.03 bits per heavy atom. The highest BCUT2D eigenvalue weighted by molar-refractivity contribution is 5.45. The van der Waals surface area contributed by atoms with Crippen molar-refractivity contribution in [3.05, 3.63) is 71.4 Å². The molecule has 0 radical (unpaired) electrons. The Kier molecular flexibility index (Phi) is 4.04. The van der Waals surface area contributed by atoms with Crippen molar-refractivity contribution >= 4 is 0 Å². The molecule has 3 aliphatic rings. The van der Waals surface area contributed by atoms with Crippen molar-refractivity contribution < 1.29 is 14.0 Å². The Balaban J connectivity index is 1.23. The molecule has 0 unspecified atom stereocenters. The van der Waals surface area contributed by atoms with Gasteiger partial charge in [0, 0.05) is 18.0 Å². The molecule has 0 saturated carbocycles. The van der Waals surface area contributed by atoms with E-state index in [-0.39, 0.29) is 6.79 Å². The maximum absolute atomic E-state index is 5.64. The minimum Gasteiger partial charge on any atom is -0.454 e. The largest absolute Gasteiger partial charge is 0.454 e. The highest BCUT2D eigenvalue weighted by Crippen LogP contribution is 2.48. The van der Waals surface area contributed by atoms with E-state index in [1.165, 1.54) is 18.4 Å². The van der Waals surface area contributed by atoms with Crippen LogP contribution in [0.3, 0.4) is 0 Å². The first kappa shape index (κ1) is 17.0. The first-order valence-electron chi connectivity index (χ1n) is 10.4. The van der Waals surface area contributed by atoms with Crippen LogP contribution >= 0.6 is 0 Å². The van der Waals surface area contributed by atoms with Gasteiger partial charge in [0.2, 0.25) is 12.7 Å². The molecule has 0 aliphatic carbocycles. The lowest BCUT2D eigenvalue weighted by Gasteiger charge is -2.24. The fourth-order valence-corrected chi connectivity index (χ4v) is 5.16. The van der Waals surface area contributed by atoms with Crippen molar-refractivity contribution in [2.24, 2.45) is 0 Å². The van der Waals surface area contributed by atoms with Crippen molar-refractivity contribution in [1.82, 2.24) is 15.0 Å². The van der Waals surface area contributed by atoms with Crippen molar-refractivity contribution in [3.63, 3.8) is 0 Å². The first-order chi connectivity index (χ1) is 14.3. The minimum atomic E-state index is 0.283. The van der Waals surface area contributed by atoms with E-state index in [9.17, 15) is 0 Å². The monoisotopic (exact) mass is 389 g/mol. The van der Waals surface area contributed by atoms with Gasteiger partial charge in [-0.2, -0.15) is 4.98 Å². The van der Waals surface area contributed by atoms with Crippen LogP contribution in [0.1, 0.15) is 54.1 Å². The SMILES string of the molecule is c1ccc([C@H]2C[C@@H](c3noc(Cc4ccc5c(c4)OCO5)n3)[C@@H]3CCCN23)cc1. The van der Waals surface area contributed by atoms with Gasteiger partial charge < -0.3 is 14.0 Å². The summed E-state index contributed by atoms with van der Waals surface area (Å²) in [6.07, 6.45) is 4.11. The molecule has 4 heterocycles. The summed E-state index contributed by atoms with van der Waals surface area (Å²) in [6.45, 7) is 1.44. The highest BCUT2D eigenvalue weighted by atomic mass is 16.7. The molecule has 1 aromatic heterocycles. The summed E-state index contributed by atoms with van der Waals surface area (Å²) in [5.41, 5.74) is 2.48. The van der Waals surface area contributed by atoms with E-state index in [4.69, 9.17) is 19.0 Å². The maximum atomic E-state index is 5.64. The minimum absolute atomic E-state index is 0.283. The smallest absolute Gasteiger partial charge is 0.231 e. The van der Waals surface area contributed by atoms with Crippen LogP contribution in [0, 0.1) is 0 Å². The van der Waals surface area contributed by atoms with E-state index in [2.05, 4.69) is 40.4 Å². The van der Waals surface area contributed by atoms with Crippen molar-refractivity contribution in [3.8, 4) is 11.5 Å². The van der Waals surface area contributed by atoms with Crippen LogP contribution in [0.4, 0.5) is 0 Å². The molecule has 29 heavy (non-hydrogen) atoms. The second-order valence-corrected chi connectivity index (χ2v) is 8.13. The molecule has 6 rings (SSSR count). The predicted molar refractivity (Wildman–Crippen MR) is 106 cm³/mol. The second kappa shape index (κ2) is 6.88. The molecule has 2 aromatic carbocycles. The first-order valence-corrected chi connectivity index (χ1v) is 10.4. The summed E-state index contributed by atoms with van der Waals surface area (Å²) < 4.78 is 16.5. The van der Waals surface area contributed by atoms with Gasteiger partial charge >= 0.3 is 0 Å². The van der Waals surface area contributed by atoms with Gasteiger partial charge in [-0.25, -0.2) is 0 Å². The Hall–Kier alpha value is -2.86. The lowest BCUT2D eigenvalue weighted by atomic mass is 9.94. The number of ether oxygens (including phenoxy) is 2. The third-order valence-corrected chi connectivity index (χ3v) is 6.48. The molecular weight excluding hydrogens is 366 g/mol. The molecule has 0 spiro atoms.